The number of hydrogen-bond acceptors (Lipinski definition) is 3. The monoisotopic (exact) mass is 201 g/mol. The van der Waals surface area contributed by atoms with E-state index < -0.39 is 0 Å². The summed E-state index contributed by atoms with van der Waals surface area (Å²) >= 11 is 5.80. The van der Waals surface area contributed by atoms with Gasteiger partial charge < -0.3 is 15.6 Å². The molecule has 13 heavy (non-hydrogen) atoms. The summed E-state index contributed by atoms with van der Waals surface area (Å²) in [5, 5.41) is 10.1. The Kier molecular flexibility index (Phi) is 3.01. The smallest absolute Gasteiger partial charge is 0.162 e. The van der Waals surface area contributed by atoms with Crippen molar-refractivity contribution in [1.82, 2.24) is 0 Å². The molecule has 0 aliphatic rings. The third kappa shape index (κ3) is 2.05. The van der Waals surface area contributed by atoms with Crippen LogP contribution in [0.5, 0.6) is 11.5 Å². The summed E-state index contributed by atoms with van der Waals surface area (Å²) in [4.78, 5) is 0. The molecule has 0 spiro atoms. The molecule has 3 N–H and O–H groups in total. The molecule has 0 saturated heterocycles. The number of ether oxygens (including phenoxy) is 1. The largest absolute Gasteiger partial charge is 0.504 e. The first kappa shape index (κ1) is 10.2. The number of rotatable bonds is 2. The Hall–Kier alpha value is -0.930. The van der Waals surface area contributed by atoms with E-state index in [4.69, 9.17) is 22.1 Å². The van der Waals surface area contributed by atoms with E-state index in [-0.39, 0.29) is 11.8 Å². The summed E-state index contributed by atoms with van der Waals surface area (Å²) in [6.45, 7) is 1.77. The number of benzene rings is 1. The fraction of sp³-hybridized carbons (Fsp3) is 0.333. The van der Waals surface area contributed by atoms with Gasteiger partial charge in [0, 0.05) is 22.7 Å². The lowest BCUT2D eigenvalue weighted by Gasteiger charge is -2.12. The zero-order valence-electron chi connectivity index (χ0n) is 7.54. The average Bonchev–Trinajstić information content (AvgIpc) is 2.08. The second kappa shape index (κ2) is 3.85. The molecular formula is C9H12ClNO2. The lowest BCUT2D eigenvalue weighted by atomic mass is 10.1. The number of phenols is 1. The molecule has 1 atom stereocenters. The van der Waals surface area contributed by atoms with E-state index in [0.717, 1.165) is 0 Å². The molecule has 0 saturated carbocycles. The first-order valence-corrected chi connectivity index (χ1v) is 4.26. The number of hydrogen-bond donors (Lipinski definition) is 2. The van der Waals surface area contributed by atoms with E-state index >= 15 is 0 Å². The highest BCUT2D eigenvalue weighted by Gasteiger charge is 2.12. The third-order valence-electron chi connectivity index (χ3n) is 1.78. The fourth-order valence-corrected chi connectivity index (χ4v) is 1.31. The summed E-state index contributed by atoms with van der Waals surface area (Å²) in [6.07, 6.45) is 0. The van der Waals surface area contributed by atoms with Gasteiger partial charge in [-0.15, -0.1) is 0 Å². The Balaban J connectivity index is 3.27. The number of nitrogens with two attached hydrogens (primary N) is 1. The Morgan fingerprint density at radius 1 is 1.54 bits per heavy atom. The predicted molar refractivity (Wildman–Crippen MR) is 52.3 cm³/mol. The number of halogens is 1. The van der Waals surface area contributed by atoms with Crippen molar-refractivity contribution in [2.24, 2.45) is 5.73 Å². The second-order valence-corrected chi connectivity index (χ2v) is 3.27. The van der Waals surface area contributed by atoms with Crippen molar-refractivity contribution in [3.05, 3.63) is 22.7 Å². The molecule has 0 amide bonds. The molecule has 1 rings (SSSR count). The van der Waals surface area contributed by atoms with Gasteiger partial charge in [-0.3, -0.25) is 0 Å². The summed E-state index contributed by atoms with van der Waals surface area (Å²) < 4.78 is 4.93. The van der Waals surface area contributed by atoms with E-state index in [9.17, 15) is 5.11 Å². The molecule has 0 heterocycles. The average molecular weight is 202 g/mol. The summed E-state index contributed by atoms with van der Waals surface area (Å²) in [5.74, 6) is 0.404. The Labute approximate surface area is 82.1 Å². The van der Waals surface area contributed by atoms with Crippen LogP contribution in [0, 0.1) is 0 Å². The third-order valence-corrected chi connectivity index (χ3v) is 2.00. The molecule has 0 radical (unpaired) electrons. The molecule has 0 aromatic heterocycles. The van der Waals surface area contributed by atoms with Gasteiger partial charge >= 0.3 is 0 Å². The van der Waals surface area contributed by atoms with Crippen LogP contribution in [0.4, 0.5) is 0 Å². The molecule has 4 heteroatoms. The van der Waals surface area contributed by atoms with E-state index in [1.54, 1.807) is 19.1 Å². The molecule has 1 unspecified atom stereocenters. The second-order valence-electron chi connectivity index (χ2n) is 2.83. The Morgan fingerprint density at radius 3 is 2.62 bits per heavy atom. The first-order chi connectivity index (χ1) is 6.06. The molecule has 1 aromatic rings. The summed E-state index contributed by atoms with van der Waals surface area (Å²) in [5.41, 5.74) is 6.22. The van der Waals surface area contributed by atoms with Crippen molar-refractivity contribution in [3.63, 3.8) is 0 Å². The molecule has 0 fully saturated rings. The fourth-order valence-electron chi connectivity index (χ4n) is 1.10. The van der Waals surface area contributed by atoms with Crippen LogP contribution < -0.4 is 10.5 Å². The molecule has 1 aromatic carbocycles. The Morgan fingerprint density at radius 2 is 2.15 bits per heavy atom. The molecule has 0 aliphatic heterocycles. The van der Waals surface area contributed by atoms with Gasteiger partial charge in [-0.2, -0.15) is 0 Å². The van der Waals surface area contributed by atoms with E-state index in [2.05, 4.69) is 0 Å². The van der Waals surface area contributed by atoms with Crippen molar-refractivity contribution >= 4 is 11.6 Å². The predicted octanol–water partition coefficient (Wildman–Crippen LogP) is 2.07. The zero-order chi connectivity index (χ0) is 10.0. The van der Waals surface area contributed by atoms with Gasteiger partial charge in [0.1, 0.15) is 0 Å². The number of phenolic OH excluding ortho intramolecular Hbond substituents is 1. The summed E-state index contributed by atoms with van der Waals surface area (Å²) in [6, 6.07) is 2.90. The van der Waals surface area contributed by atoms with Crippen LogP contribution in [0.2, 0.25) is 5.02 Å². The zero-order valence-corrected chi connectivity index (χ0v) is 8.30. The van der Waals surface area contributed by atoms with Crippen LogP contribution in [0.1, 0.15) is 18.5 Å². The van der Waals surface area contributed by atoms with Crippen LogP contribution in [0.3, 0.4) is 0 Å². The lowest BCUT2D eigenvalue weighted by Crippen LogP contribution is -2.05. The van der Waals surface area contributed by atoms with Crippen molar-refractivity contribution in [3.8, 4) is 11.5 Å². The normalized spacial score (nSPS) is 12.6. The minimum atomic E-state index is -0.271. The standard InChI is InChI=1S/C9H12ClNO2/c1-5(11)7-3-6(10)4-8(13-2)9(7)12/h3-5,12H,11H2,1-2H3. The highest BCUT2D eigenvalue weighted by Crippen LogP contribution is 2.35. The maximum Gasteiger partial charge on any atom is 0.162 e. The van der Waals surface area contributed by atoms with Crippen molar-refractivity contribution in [1.29, 1.82) is 0 Å². The van der Waals surface area contributed by atoms with Gasteiger partial charge in [0.15, 0.2) is 11.5 Å². The van der Waals surface area contributed by atoms with Gasteiger partial charge in [-0.25, -0.2) is 0 Å². The topological polar surface area (TPSA) is 55.5 Å². The molecule has 0 bridgehead atoms. The van der Waals surface area contributed by atoms with Crippen LogP contribution in [-0.4, -0.2) is 12.2 Å². The van der Waals surface area contributed by atoms with Gasteiger partial charge in [0.2, 0.25) is 0 Å². The Bertz CT molecular complexity index is 313. The van der Waals surface area contributed by atoms with E-state index in [0.29, 0.717) is 16.3 Å². The minimum absolute atomic E-state index is 0.0573. The van der Waals surface area contributed by atoms with Crippen LogP contribution in [-0.2, 0) is 0 Å². The molecular weight excluding hydrogens is 190 g/mol. The molecule has 72 valence electrons. The molecule has 3 nitrogen and oxygen atoms in total. The van der Waals surface area contributed by atoms with Gasteiger partial charge in [0.05, 0.1) is 7.11 Å². The quantitative estimate of drug-likeness (QED) is 0.770. The summed E-state index contributed by atoms with van der Waals surface area (Å²) in [7, 11) is 1.47. The van der Waals surface area contributed by atoms with Crippen molar-refractivity contribution in [2.45, 2.75) is 13.0 Å². The highest BCUT2D eigenvalue weighted by molar-refractivity contribution is 6.30. The van der Waals surface area contributed by atoms with Crippen molar-refractivity contribution < 1.29 is 9.84 Å². The number of aromatic hydroxyl groups is 1. The maximum absolute atomic E-state index is 9.62. The van der Waals surface area contributed by atoms with Crippen LogP contribution in [0.25, 0.3) is 0 Å². The molecule has 0 aliphatic carbocycles. The number of methoxy groups -OCH3 is 1. The SMILES string of the molecule is COc1cc(Cl)cc(C(C)N)c1O. The highest BCUT2D eigenvalue weighted by atomic mass is 35.5. The lowest BCUT2D eigenvalue weighted by molar-refractivity contribution is 0.369. The van der Waals surface area contributed by atoms with Crippen LogP contribution >= 0.6 is 11.6 Å². The van der Waals surface area contributed by atoms with Gasteiger partial charge in [-0.05, 0) is 13.0 Å². The van der Waals surface area contributed by atoms with E-state index in [1.807, 2.05) is 0 Å². The van der Waals surface area contributed by atoms with Gasteiger partial charge in [-0.1, -0.05) is 11.6 Å². The van der Waals surface area contributed by atoms with Crippen LogP contribution in [0.15, 0.2) is 12.1 Å². The van der Waals surface area contributed by atoms with Gasteiger partial charge in [0.25, 0.3) is 0 Å². The minimum Gasteiger partial charge on any atom is -0.504 e. The van der Waals surface area contributed by atoms with E-state index in [1.165, 1.54) is 7.11 Å². The van der Waals surface area contributed by atoms with Crippen molar-refractivity contribution in [2.75, 3.05) is 7.11 Å². The maximum atomic E-state index is 9.62. The first-order valence-electron chi connectivity index (χ1n) is 3.88.